The second kappa shape index (κ2) is 7.95. The van der Waals surface area contributed by atoms with Crippen LogP contribution in [0.25, 0.3) is 11.2 Å². The number of anilines is 2. The van der Waals surface area contributed by atoms with Gasteiger partial charge in [0.25, 0.3) is 5.91 Å². The van der Waals surface area contributed by atoms with E-state index in [4.69, 9.17) is 17.3 Å². The van der Waals surface area contributed by atoms with E-state index >= 15 is 0 Å². The van der Waals surface area contributed by atoms with Crippen molar-refractivity contribution in [3.63, 3.8) is 0 Å². The summed E-state index contributed by atoms with van der Waals surface area (Å²) >= 11 is 6.54. The number of fused-ring (bicyclic) bond motifs is 2. The van der Waals surface area contributed by atoms with E-state index < -0.39 is 12.1 Å². The number of nitrogen functional groups attached to an aromatic ring is 1. The third kappa shape index (κ3) is 3.41. The second-order valence-corrected chi connectivity index (χ2v) is 8.41. The fraction of sp³-hybridized carbons (Fsp3) is 0.333. The van der Waals surface area contributed by atoms with Gasteiger partial charge in [-0.25, -0.2) is 14.5 Å². The van der Waals surface area contributed by atoms with E-state index in [1.165, 1.54) is 4.52 Å². The molecule has 5 heterocycles. The molecule has 0 bridgehead atoms. The van der Waals surface area contributed by atoms with Gasteiger partial charge in [-0.15, -0.1) is 5.10 Å². The number of piperidine rings is 1. The van der Waals surface area contributed by atoms with Gasteiger partial charge in [0.2, 0.25) is 0 Å². The summed E-state index contributed by atoms with van der Waals surface area (Å²) in [6, 6.07) is 3.14. The van der Waals surface area contributed by atoms with E-state index in [0.717, 1.165) is 36.3 Å². The Morgan fingerprint density at radius 3 is 3.09 bits per heavy atom. The first-order chi connectivity index (χ1) is 15.4. The molecule has 166 valence electrons. The number of amides is 1. The molecule has 0 radical (unpaired) electrons. The summed E-state index contributed by atoms with van der Waals surface area (Å²) < 4.78 is 3.38. The standard InChI is InChI=1S/C21H23ClN8O2/c1-12(26-20(32)17-18(23)27-30-7-3-5-25-19(17)30)14-8-15(22)16-9-24-11-29(16)21(14)28-6-2-4-13(31)10-28/h3,5,7-9,11-13,31H,2,4,6,10H2,1H3,(H2,23,27)(H,26,32)/t12?,13-/m0/s1. The summed E-state index contributed by atoms with van der Waals surface area (Å²) in [6.45, 7) is 3.16. The summed E-state index contributed by atoms with van der Waals surface area (Å²) in [5, 5.41) is 18.0. The molecule has 1 aliphatic heterocycles. The average molecular weight is 455 g/mol. The summed E-state index contributed by atoms with van der Waals surface area (Å²) in [6.07, 6.45) is 7.88. The summed E-state index contributed by atoms with van der Waals surface area (Å²) in [5.74, 6) is 0.575. The van der Waals surface area contributed by atoms with Crippen molar-refractivity contribution in [1.82, 2.24) is 29.3 Å². The van der Waals surface area contributed by atoms with E-state index in [1.807, 2.05) is 17.4 Å². The number of pyridine rings is 1. The SMILES string of the molecule is CC(NC(=O)c1c(N)nn2cccnc12)c1cc(Cl)c2cncn2c1N1CCC[C@H](O)C1. The Hall–Kier alpha value is -3.37. The minimum absolute atomic E-state index is 0.107. The second-order valence-electron chi connectivity index (χ2n) is 8.01. The zero-order chi connectivity index (χ0) is 22.4. The normalized spacial score (nSPS) is 17.7. The molecule has 4 aromatic rings. The van der Waals surface area contributed by atoms with Crippen molar-refractivity contribution >= 4 is 40.3 Å². The fourth-order valence-electron chi connectivity index (χ4n) is 4.32. The topological polar surface area (TPSA) is 126 Å². The van der Waals surface area contributed by atoms with Gasteiger partial charge >= 0.3 is 0 Å². The number of aliphatic hydroxyl groups excluding tert-OH is 1. The number of hydrogen-bond donors (Lipinski definition) is 3. The quantitative estimate of drug-likeness (QED) is 0.431. The number of imidazole rings is 1. The van der Waals surface area contributed by atoms with Gasteiger partial charge in [0.15, 0.2) is 11.5 Å². The van der Waals surface area contributed by atoms with Crippen LogP contribution in [-0.4, -0.2) is 54.2 Å². The Balaban J connectivity index is 1.54. The van der Waals surface area contributed by atoms with E-state index in [-0.39, 0.29) is 17.3 Å². The monoisotopic (exact) mass is 454 g/mol. The van der Waals surface area contributed by atoms with Crippen LogP contribution in [0.3, 0.4) is 0 Å². The highest BCUT2D eigenvalue weighted by atomic mass is 35.5. The van der Waals surface area contributed by atoms with Gasteiger partial charge in [-0.3, -0.25) is 9.20 Å². The zero-order valence-corrected chi connectivity index (χ0v) is 18.2. The Morgan fingerprint density at radius 2 is 2.28 bits per heavy atom. The lowest BCUT2D eigenvalue weighted by molar-refractivity contribution is 0.0942. The lowest BCUT2D eigenvalue weighted by Gasteiger charge is -2.35. The molecule has 5 rings (SSSR count). The zero-order valence-electron chi connectivity index (χ0n) is 17.4. The van der Waals surface area contributed by atoms with E-state index in [9.17, 15) is 9.90 Å². The number of carbonyl (C=O) groups excluding carboxylic acids is 1. The molecule has 1 saturated heterocycles. The van der Waals surface area contributed by atoms with Gasteiger partial charge in [-0.2, -0.15) is 0 Å². The van der Waals surface area contributed by atoms with Gasteiger partial charge < -0.3 is 21.1 Å². The molecule has 0 aromatic carbocycles. The van der Waals surface area contributed by atoms with Crippen LogP contribution in [0.1, 0.15) is 41.7 Å². The first-order valence-corrected chi connectivity index (χ1v) is 10.8. The van der Waals surface area contributed by atoms with Gasteiger partial charge in [0.05, 0.1) is 28.9 Å². The highest BCUT2D eigenvalue weighted by Crippen LogP contribution is 2.34. The molecular weight excluding hydrogens is 432 g/mol. The van der Waals surface area contributed by atoms with Crippen LogP contribution in [0.15, 0.2) is 37.1 Å². The van der Waals surface area contributed by atoms with Crippen molar-refractivity contribution in [3.8, 4) is 0 Å². The summed E-state index contributed by atoms with van der Waals surface area (Å²) in [5.41, 5.74) is 8.20. The molecule has 1 unspecified atom stereocenters. The van der Waals surface area contributed by atoms with Crippen LogP contribution >= 0.6 is 11.6 Å². The summed E-state index contributed by atoms with van der Waals surface area (Å²) in [7, 11) is 0. The maximum absolute atomic E-state index is 13.2. The number of nitrogens with one attached hydrogen (secondary N) is 1. The third-order valence-corrected chi connectivity index (χ3v) is 6.11. The predicted molar refractivity (Wildman–Crippen MR) is 121 cm³/mol. The maximum atomic E-state index is 13.2. The Kier molecular flexibility index (Phi) is 5.10. The highest BCUT2D eigenvalue weighted by Gasteiger charge is 2.27. The third-order valence-electron chi connectivity index (χ3n) is 5.81. The fourth-order valence-corrected chi connectivity index (χ4v) is 4.58. The van der Waals surface area contributed by atoms with Crippen LogP contribution < -0.4 is 16.0 Å². The Labute approximate surface area is 188 Å². The molecule has 1 fully saturated rings. The molecule has 32 heavy (non-hydrogen) atoms. The molecule has 0 saturated carbocycles. The van der Waals surface area contributed by atoms with Crippen molar-refractivity contribution in [3.05, 3.63) is 53.2 Å². The molecule has 0 spiro atoms. The van der Waals surface area contributed by atoms with E-state index in [1.54, 1.807) is 31.0 Å². The van der Waals surface area contributed by atoms with Gasteiger partial charge in [0, 0.05) is 31.0 Å². The molecule has 4 N–H and O–H groups in total. The minimum atomic E-state index is -0.418. The molecular formula is C21H23ClN8O2. The van der Waals surface area contributed by atoms with Crippen molar-refractivity contribution in [1.29, 1.82) is 0 Å². The molecule has 0 aliphatic carbocycles. The van der Waals surface area contributed by atoms with Crippen LogP contribution in [0.2, 0.25) is 5.02 Å². The number of nitrogens with two attached hydrogens (primary N) is 1. The number of hydrogen-bond acceptors (Lipinski definition) is 7. The van der Waals surface area contributed by atoms with Gasteiger partial charge in [-0.1, -0.05) is 11.6 Å². The molecule has 1 aliphatic rings. The number of aromatic nitrogens is 5. The van der Waals surface area contributed by atoms with Gasteiger partial charge in [-0.05, 0) is 31.9 Å². The number of carbonyl (C=O) groups is 1. The Morgan fingerprint density at radius 1 is 1.44 bits per heavy atom. The molecule has 2 atom stereocenters. The largest absolute Gasteiger partial charge is 0.391 e. The van der Waals surface area contributed by atoms with Crippen LogP contribution in [0, 0.1) is 0 Å². The van der Waals surface area contributed by atoms with Crippen molar-refractivity contribution in [2.45, 2.75) is 31.9 Å². The number of aliphatic hydroxyl groups is 1. The molecule has 1 amide bonds. The van der Waals surface area contributed by atoms with E-state index in [0.29, 0.717) is 17.2 Å². The summed E-state index contributed by atoms with van der Waals surface area (Å²) in [4.78, 5) is 23.8. The average Bonchev–Trinajstić information content (AvgIpc) is 3.37. The van der Waals surface area contributed by atoms with E-state index in [2.05, 4.69) is 25.3 Å². The van der Waals surface area contributed by atoms with Crippen LogP contribution in [0.4, 0.5) is 11.6 Å². The number of nitrogens with zero attached hydrogens (tertiary/aromatic N) is 6. The molecule has 4 aromatic heterocycles. The smallest absolute Gasteiger partial charge is 0.259 e. The number of rotatable bonds is 4. The number of halogens is 1. The lowest BCUT2D eigenvalue weighted by atomic mass is 10.0. The number of β-amino-alcohol motifs (C(OH)–C–C–N with tert-alkyl or cyclic N) is 1. The lowest BCUT2D eigenvalue weighted by Crippen LogP contribution is -2.40. The first kappa shape index (κ1) is 20.5. The first-order valence-electron chi connectivity index (χ1n) is 10.4. The molecule has 10 nitrogen and oxygen atoms in total. The predicted octanol–water partition coefficient (Wildman–Crippen LogP) is 2.06. The maximum Gasteiger partial charge on any atom is 0.259 e. The van der Waals surface area contributed by atoms with Crippen molar-refractivity contribution in [2.24, 2.45) is 0 Å². The minimum Gasteiger partial charge on any atom is -0.391 e. The Bertz CT molecular complexity index is 1320. The highest BCUT2D eigenvalue weighted by molar-refractivity contribution is 6.34. The van der Waals surface area contributed by atoms with Crippen molar-refractivity contribution < 1.29 is 9.90 Å². The van der Waals surface area contributed by atoms with Crippen molar-refractivity contribution in [2.75, 3.05) is 23.7 Å². The van der Waals surface area contributed by atoms with Crippen LogP contribution in [-0.2, 0) is 0 Å². The van der Waals surface area contributed by atoms with Crippen LogP contribution in [0.5, 0.6) is 0 Å². The van der Waals surface area contributed by atoms with Gasteiger partial charge in [0.1, 0.15) is 17.7 Å². The molecule has 11 heteroatoms.